The van der Waals surface area contributed by atoms with Gasteiger partial charge in [0, 0.05) is 61.6 Å². The second kappa shape index (κ2) is 7.69. The van der Waals surface area contributed by atoms with Crippen LogP contribution in [-0.4, -0.2) is 51.2 Å². The molecule has 6 rings (SSSR count). The van der Waals surface area contributed by atoms with Crippen molar-refractivity contribution in [1.29, 1.82) is 0 Å². The summed E-state index contributed by atoms with van der Waals surface area (Å²) in [6.07, 6.45) is 7.19. The Bertz CT molecular complexity index is 1230. The Morgan fingerprint density at radius 1 is 1.13 bits per heavy atom. The second-order valence-corrected chi connectivity index (χ2v) is 9.43. The first-order valence-electron chi connectivity index (χ1n) is 10.9. The minimum Gasteiger partial charge on any atom is -0.361 e. The van der Waals surface area contributed by atoms with Crippen LogP contribution in [0.1, 0.15) is 28.3 Å². The normalized spacial score (nSPS) is 16.9. The van der Waals surface area contributed by atoms with Crippen molar-refractivity contribution in [3.8, 4) is 11.4 Å². The average Bonchev–Trinajstić information content (AvgIpc) is 3.50. The fourth-order valence-corrected chi connectivity index (χ4v) is 5.92. The van der Waals surface area contributed by atoms with Crippen molar-refractivity contribution in [3.05, 3.63) is 52.5 Å². The lowest BCUT2D eigenvalue weighted by atomic mass is 10.1. The molecule has 1 aliphatic heterocycles. The van der Waals surface area contributed by atoms with Crippen molar-refractivity contribution in [2.24, 2.45) is 0 Å². The number of hydrogen-bond donors (Lipinski definition) is 0. The number of thiophene rings is 1. The highest BCUT2D eigenvalue weighted by Gasteiger charge is 2.27. The van der Waals surface area contributed by atoms with Gasteiger partial charge in [0.05, 0.1) is 11.1 Å². The van der Waals surface area contributed by atoms with Crippen molar-refractivity contribution in [2.45, 2.75) is 32.7 Å². The van der Waals surface area contributed by atoms with Crippen LogP contribution in [-0.2, 0) is 19.4 Å². The Labute approximate surface area is 184 Å². The Morgan fingerprint density at radius 2 is 2.03 bits per heavy atom. The molecule has 1 saturated heterocycles. The number of fused-ring (bicyclic) bond motifs is 3. The molecule has 0 aromatic carbocycles. The molecule has 0 unspecified atom stereocenters. The van der Waals surface area contributed by atoms with Gasteiger partial charge in [-0.2, -0.15) is 0 Å². The number of anilines is 1. The van der Waals surface area contributed by atoms with Gasteiger partial charge < -0.3 is 9.42 Å². The number of nitrogens with zero attached hydrogens (tertiary/aromatic N) is 6. The van der Waals surface area contributed by atoms with Crippen molar-refractivity contribution in [3.63, 3.8) is 0 Å². The first-order chi connectivity index (χ1) is 15.2. The van der Waals surface area contributed by atoms with E-state index < -0.39 is 0 Å². The number of aromatic nitrogens is 4. The maximum absolute atomic E-state index is 5.23. The van der Waals surface area contributed by atoms with Crippen LogP contribution in [0.3, 0.4) is 0 Å². The summed E-state index contributed by atoms with van der Waals surface area (Å²) in [4.78, 5) is 21.8. The van der Waals surface area contributed by atoms with E-state index in [0.717, 1.165) is 72.6 Å². The summed E-state index contributed by atoms with van der Waals surface area (Å²) in [5.74, 6) is 2.74. The summed E-state index contributed by atoms with van der Waals surface area (Å²) in [6, 6.07) is 6.01. The van der Waals surface area contributed by atoms with Crippen LogP contribution in [0.25, 0.3) is 21.6 Å². The lowest BCUT2D eigenvalue weighted by Gasteiger charge is -2.35. The largest absolute Gasteiger partial charge is 0.361 e. The van der Waals surface area contributed by atoms with E-state index in [0.29, 0.717) is 0 Å². The zero-order chi connectivity index (χ0) is 20.8. The summed E-state index contributed by atoms with van der Waals surface area (Å²) >= 11 is 1.85. The molecule has 0 amide bonds. The van der Waals surface area contributed by atoms with E-state index in [1.54, 1.807) is 6.20 Å². The fraction of sp³-hybridized carbons (Fsp3) is 0.391. The van der Waals surface area contributed by atoms with Gasteiger partial charge in [0.1, 0.15) is 16.4 Å². The first-order valence-corrected chi connectivity index (χ1v) is 11.7. The molecular formula is C23H24N6OS. The highest BCUT2D eigenvalue weighted by Crippen LogP contribution is 2.41. The monoisotopic (exact) mass is 432 g/mol. The van der Waals surface area contributed by atoms with Crippen LogP contribution in [0.5, 0.6) is 0 Å². The average molecular weight is 433 g/mol. The van der Waals surface area contributed by atoms with E-state index in [9.17, 15) is 0 Å². The SMILES string of the molecule is Cc1cc(CN2CCN(c3nc(-c4cccnc4)nc4sc5c(c34)CCC5)CC2)no1. The maximum atomic E-state index is 5.23. The minimum atomic E-state index is 0.774. The van der Waals surface area contributed by atoms with E-state index >= 15 is 0 Å². The molecule has 8 heteroatoms. The third-order valence-corrected chi connectivity index (χ3v) is 7.39. The highest BCUT2D eigenvalue weighted by molar-refractivity contribution is 7.19. The van der Waals surface area contributed by atoms with Gasteiger partial charge in [0.15, 0.2) is 5.82 Å². The van der Waals surface area contributed by atoms with Crippen molar-refractivity contribution in [2.75, 3.05) is 31.1 Å². The molecule has 0 N–H and O–H groups in total. The standard InChI is InChI=1S/C23H24N6OS/c1-15-12-17(27-30-15)14-28-8-10-29(11-9-28)22-20-18-5-2-6-19(18)31-23(20)26-21(25-22)16-4-3-7-24-13-16/h3-4,7,12-13H,2,5-6,8-11,14H2,1H3. The molecule has 0 radical (unpaired) electrons. The van der Waals surface area contributed by atoms with Crippen LogP contribution in [0.2, 0.25) is 0 Å². The molecule has 158 valence electrons. The Balaban J connectivity index is 1.32. The number of aryl methyl sites for hydroxylation is 3. The van der Waals surface area contributed by atoms with Crippen LogP contribution in [0.15, 0.2) is 35.1 Å². The number of pyridine rings is 1. The van der Waals surface area contributed by atoms with E-state index in [2.05, 4.69) is 19.9 Å². The highest BCUT2D eigenvalue weighted by atomic mass is 32.1. The molecule has 0 spiro atoms. The lowest BCUT2D eigenvalue weighted by Crippen LogP contribution is -2.46. The van der Waals surface area contributed by atoms with Crippen molar-refractivity contribution >= 4 is 27.4 Å². The smallest absolute Gasteiger partial charge is 0.164 e. The molecule has 4 aromatic rings. The molecule has 0 saturated carbocycles. The first kappa shape index (κ1) is 18.9. The van der Waals surface area contributed by atoms with E-state index in [1.165, 1.54) is 28.7 Å². The van der Waals surface area contributed by atoms with Gasteiger partial charge in [0.25, 0.3) is 0 Å². The molecule has 4 aromatic heterocycles. The van der Waals surface area contributed by atoms with Gasteiger partial charge in [-0.05, 0) is 43.9 Å². The molecule has 7 nitrogen and oxygen atoms in total. The summed E-state index contributed by atoms with van der Waals surface area (Å²) in [5.41, 5.74) is 3.46. The second-order valence-electron chi connectivity index (χ2n) is 8.34. The van der Waals surface area contributed by atoms with Crippen LogP contribution in [0, 0.1) is 6.92 Å². The Kier molecular flexibility index (Phi) is 4.69. The summed E-state index contributed by atoms with van der Waals surface area (Å²) < 4.78 is 5.23. The molecule has 0 atom stereocenters. The van der Waals surface area contributed by atoms with Gasteiger partial charge in [-0.1, -0.05) is 5.16 Å². The topological polar surface area (TPSA) is 71.2 Å². The van der Waals surface area contributed by atoms with Crippen LogP contribution in [0.4, 0.5) is 5.82 Å². The third kappa shape index (κ3) is 3.49. The van der Waals surface area contributed by atoms with Gasteiger partial charge in [-0.15, -0.1) is 11.3 Å². The Hall–Kier alpha value is -2.84. The zero-order valence-electron chi connectivity index (χ0n) is 17.5. The number of rotatable bonds is 4. The molecule has 1 fully saturated rings. The maximum Gasteiger partial charge on any atom is 0.164 e. The third-order valence-electron chi connectivity index (χ3n) is 6.20. The quantitative estimate of drug-likeness (QED) is 0.485. The van der Waals surface area contributed by atoms with E-state index in [-0.39, 0.29) is 0 Å². The lowest BCUT2D eigenvalue weighted by molar-refractivity contribution is 0.241. The molecule has 5 heterocycles. The van der Waals surface area contributed by atoms with Crippen LogP contribution < -0.4 is 4.90 Å². The summed E-state index contributed by atoms with van der Waals surface area (Å²) in [6.45, 7) is 6.62. The fourth-order valence-electron chi connectivity index (χ4n) is 4.67. The number of piperazine rings is 1. The molecule has 1 aliphatic carbocycles. The minimum absolute atomic E-state index is 0.774. The predicted molar refractivity (Wildman–Crippen MR) is 121 cm³/mol. The zero-order valence-corrected chi connectivity index (χ0v) is 18.4. The van der Waals surface area contributed by atoms with Gasteiger partial charge >= 0.3 is 0 Å². The number of hydrogen-bond acceptors (Lipinski definition) is 8. The van der Waals surface area contributed by atoms with Crippen LogP contribution >= 0.6 is 11.3 Å². The molecular weight excluding hydrogens is 408 g/mol. The van der Waals surface area contributed by atoms with Gasteiger partial charge in [0.2, 0.25) is 0 Å². The van der Waals surface area contributed by atoms with Gasteiger partial charge in [-0.3, -0.25) is 9.88 Å². The predicted octanol–water partition coefficient (Wildman–Crippen LogP) is 3.86. The molecule has 31 heavy (non-hydrogen) atoms. The molecule has 2 aliphatic rings. The van der Waals surface area contributed by atoms with Gasteiger partial charge in [-0.25, -0.2) is 9.97 Å². The van der Waals surface area contributed by atoms with Crippen molar-refractivity contribution < 1.29 is 4.52 Å². The van der Waals surface area contributed by atoms with Crippen molar-refractivity contribution in [1.82, 2.24) is 25.0 Å². The molecule has 0 bridgehead atoms. The summed E-state index contributed by atoms with van der Waals surface area (Å²) in [7, 11) is 0. The summed E-state index contributed by atoms with van der Waals surface area (Å²) in [5, 5.41) is 5.43. The van der Waals surface area contributed by atoms with E-state index in [1.807, 2.05) is 42.7 Å². The Morgan fingerprint density at radius 3 is 2.81 bits per heavy atom. The van der Waals surface area contributed by atoms with E-state index in [4.69, 9.17) is 14.5 Å².